The summed E-state index contributed by atoms with van der Waals surface area (Å²) < 4.78 is 7.31. The van der Waals surface area contributed by atoms with E-state index in [2.05, 4.69) is 10.4 Å². The molecule has 0 radical (unpaired) electrons. The van der Waals surface area contributed by atoms with Crippen LogP contribution in [0.2, 0.25) is 5.02 Å². The van der Waals surface area contributed by atoms with Gasteiger partial charge in [-0.2, -0.15) is 5.10 Å². The number of nitrogens with one attached hydrogen (secondary N) is 1. The van der Waals surface area contributed by atoms with E-state index in [0.29, 0.717) is 17.5 Å². The average Bonchev–Trinajstić information content (AvgIpc) is 3.02. The van der Waals surface area contributed by atoms with Crippen molar-refractivity contribution in [2.45, 2.75) is 25.5 Å². The third-order valence-electron chi connectivity index (χ3n) is 3.80. The Bertz CT molecular complexity index is 467. The lowest BCUT2D eigenvalue weighted by Crippen LogP contribution is -2.55. The summed E-state index contributed by atoms with van der Waals surface area (Å²) in [6, 6.07) is 0.00949. The van der Waals surface area contributed by atoms with Crippen LogP contribution in [0, 0.1) is 5.92 Å². The first kappa shape index (κ1) is 13.7. The van der Waals surface area contributed by atoms with Gasteiger partial charge in [0.05, 0.1) is 17.3 Å². The van der Waals surface area contributed by atoms with Crippen molar-refractivity contribution < 1.29 is 9.53 Å². The van der Waals surface area contributed by atoms with Gasteiger partial charge in [0.25, 0.3) is 0 Å². The molecule has 3 rings (SSSR count). The highest BCUT2D eigenvalue weighted by atomic mass is 35.5. The van der Waals surface area contributed by atoms with E-state index >= 15 is 0 Å². The van der Waals surface area contributed by atoms with Crippen molar-refractivity contribution in [3.05, 3.63) is 17.4 Å². The Labute approximate surface area is 123 Å². The van der Waals surface area contributed by atoms with Crippen molar-refractivity contribution in [2.24, 2.45) is 5.92 Å². The second kappa shape index (κ2) is 6.01. The molecular formula is C13H19ClN4O2. The molecule has 2 amide bonds. The summed E-state index contributed by atoms with van der Waals surface area (Å²) in [5.74, 6) is 0.458. The molecule has 2 saturated heterocycles. The van der Waals surface area contributed by atoms with Gasteiger partial charge in [-0.05, 0) is 12.8 Å². The summed E-state index contributed by atoms with van der Waals surface area (Å²) in [4.78, 5) is 13.7. The van der Waals surface area contributed by atoms with Crippen LogP contribution in [-0.2, 0) is 11.3 Å². The van der Waals surface area contributed by atoms with Crippen LogP contribution >= 0.6 is 11.6 Å². The molecule has 3 heterocycles. The van der Waals surface area contributed by atoms with E-state index < -0.39 is 0 Å². The number of ether oxygens (including phenoxy) is 1. The van der Waals surface area contributed by atoms with Gasteiger partial charge in [0.1, 0.15) is 0 Å². The van der Waals surface area contributed by atoms with Crippen LogP contribution in [0.15, 0.2) is 12.4 Å². The molecule has 0 aliphatic carbocycles. The maximum Gasteiger partial charge on any atom is 0.317 e. The summed E-state index contributed by atoms with van der Waals surface area (Å²) in [7, 11) is 0. The van der Waals surface area contributed by atoms with Gasteiger partial charge in [-0.3, -0.25) is 4.68 Å². The summed E-state index contributed by atoms with van der Waals surface area (Å²) in [5.41, 5.74) is 0. The second-order valence-corrected chi connectivity index (χ2v) is 5.91. The van der Waals surface area contributed by atoms with E-state index in [9.17, 15) is 4.79 Å². The molecule has 2 aliphatic rings. The Kier molecular flexibility index (Phi) is 4.12. The van der Waals surface area contributed by atoms with E-state index in [0.717, 1.165) is 39.1 Å². The number of rotatable bonds is 4. The molecule has 0 saturated carbocycles. The number of hydrogen-bond acceptors (Lipinski definition) is 3. The molecule has 1 N–H and O–H groups in total. The maximum atomic E-state index is 11.9. The Balaban J connectivity index is 1.35. The summed E-state index contributed by atoms with van der Waals surface area (Å²) in [6.45, 7) is 3.79. The Morgan fingerprint density at radius 1 is 1.55 bits per heavy atom. The molecular weight excluding hydrogens is 280 g/mol. The SMILES string of the molecule is O=C(NCC1CCCO1)N1CC(Cn2cc(Cl)cn2)C1. The number of likely N-dealkylation sites (tertiary alicyclic amines) is 1. The average molecular weight is 299 g/mol. The molecule has 1 aromatic rings. The normalized spacial score (nSPS) is 22.9. The highest BCUT2D eigenvalue weighted by Crippen LogP contribution is 2.18. The number of hydrogen-bond donors (Lipinski definition) is 1. The lowest BCUT2D eigenvalue weighted by atomic mass is 10.0. The molecule has 20 heavy (non-hydrogen) atoms. The predicted octanol–water partition coefficient (Wildman–Crippen LogP) is 1.36. The van der Waals surface area contributed by atoms with Crippen molar-refractivity contribution >= 4 is 17.6 Å². The first-order valence-electron chi connectivity index (χ1n) is 7.03. The number of urea groups is 1. The van der Waals surface area contributed by atoms with E-state index in [1.54, 1.807) is 6.20 Å². The molecule has 7 heteroatoms. The lowest BCUT2D eigenvalue weighted by molar-refractivity contribution is 0.0919. The minimum Gasteiger partial charge on any atom is -0.376 e. The van der Waals surface area contributed by atoms with Crippen LogP contribution < -0.4 is 5.32 Å². The lowest BCUT2D eigenvalue weighted by Gasteiger charge is -2.39. The first-order valence-corrected chi connectivity index (χ1v) is 7.41. The van der Waals surface area contributed by atoms with Gasteiger partial charge in [0, 0.05) is 44.9 Å². The van der Waals surface area contributed by atoms with Crippen molar-refractivity contribution in [3.63, 3.8) is 0 Å². The molecule has 1 unspecified atom stereocenters. The summed E-state index contributed by atoms with van der Waals surface area (Å²) in [6.07, 6.45) is 5.78. The number of amides is 2. The minimum atomic E-state index is 0.00949. The van der Waals surface area contributed by atoms with Crippen LogP contribution in [0.25, 0.3) is 0 Å². The van der Waals surface area contributed by atoms with Crippen LogP contribution in [0.1, 0.15) is 12.8 Å². The van der Waals surface area contributed by atoms with Crippen LogP contribution in [0.3, 0.4) is 0 Å². The molecule has 1 aromatic heterocycles. The molecule has 110 valence electrons. The number of carbonyl (C=O) groups is 1. The quantitative estimate of drug-likeness (QED) is 0.913. The molecule has 2 aliphatic heterocycles. The third kappa shape index (κ3) is 3.24. The van der Waals surface area contributed by atoms with Gasteiger partial charge in [-0.1, -0.05) is 11.6 Å². The fourth-order valence-corrected chi connectivity index (χ4v) is 2.83. The molecule has 2 fully saturated rings. The Morgan fingerprint density at radius 3 is 3.05 bits per heavy atom. The predicted molar refractivity (Wildman–Crippen MR) is 74.7 cm³/mol. The summed E-state index contributed by atoms with van der Waals surface area (Å²) in [5, 5.41) is 7.73. The zero-order chi connectivity index (χ0) is 13.9. The van der Waals surface area contributed by atoms with E-state index in [-0.39, 0.29) is 12.1 Å². The van der Waals surface area contributed by atoms with Crippen molar-refractivity contribution in [3.8, 4) is 0 Å². The fraction of sp³-hybridized carbons (Fsp3) is 0.692. The van der Waals surface area contributed by atoms with E-state index in [1.807, 2.05) is 15.8 Å². The summed E-state index contributed by atoms with van der Waals surface area (Å²) >= 11 is 5.82. The zero-order valence-electron chi connectivity index (χ0n) is 11.3. The Morgan fingerprint density at radius 2 is 2.40 bits per heavy atom. The first-order chi connectivity index (χ1) is 9.70. The van der Waals surface area contributed by atoms with Gasteiger partial charge in [-0.25, -0.2) is 4.79 Å². The van der Waals surface area contributed by atoms with Crippen molar-refractivity contribution in [1.29, 1.82) is 0 Å². The largest absolute Gasteiger partial charge is 0.376 e. The molecule has 1 atom stereocenters. The van der Waals surface area contributed by atoms with Gasteiger partial charge in [0.15, 0.2) is 0 Å². The smallest absolute Gasteiger partial charge is 0.317 e. The van der Waals surface area contributed by atoms with E-state index in [1.165, 1.54) is 0 Å². The maximum absolute atomic E-state index is 11.9. The minimum absolute atomic E-state index is 0.00949. The Hall–Kier alpha value is -1.27. The van der Waals surface area contributed by atoms with Gasteiger partial charge in [0.2, 0.25) is 0 Å². The molecule has 6 nitrogen and oxygen atoms in total. The van der Waals surface area contributed by atoms with Crippen LogP contribution in [-0.4, -0.2) is 53.1 Å². The van der Waals surface area contributed by atoms with Crippen LogP contribution in [0.4, 0.5) is 4.79 Å². The number of nitrogens with zero attached hydrogens (tertiary/aromatic N) is 3. The van der Waals surface area contributed by atoms with Gasteiger partial charge in [-0.15, -0.1) is 0 Å². The number of aromatic nitrogens is 2. The monoisotopic (exact) mass is 298 g/mol. The highest BCUT2D eigenvalue weighted by molar-refractivity contribution is 6.30. The van der Waals surface area contributed by atoms with Crippen molar-refractivity contribution in [1.82, 2.24) is 20.0 Å². The highest BCUT2D eigenvalue weighted by Gasteiger charge is 2.31. The number of carbonyl (C=O) groups excluding carboxylic acids is 1. The topological polar surface area (TPSA) is 59.4 Å². The molecule has 0 aromatic carbocycles. The standard InChI is InChI=1S/C13H19ClN4O2/c14-11-4-16-18(9-11)8-10-6-17(7-10)13(19)15-5-12-2-1-3-20-12/h4,9-10,12H,1-3,5-8H2,(H,15,19). The fourth-order valence-electron chi connectivity index (χ4n) is 2.67. The number of halogens is 1. The third-order valence-corrected chi connectivity index (χ3v) is 3.99. The van der Waals surface area contributed by atoms with Crippen molar-refractivity contribution in [2.75, 3.05) is 26.2 Å². The van der Waals surface area contributed by atoms with Gasteiger partial charge >= 0.3 is 6.03 Å². The molecule has 0 bridgehead atoms. The zero-order valence-corrected chi connectivity index (χ0v) is 12.1. The van der Waals surface area contributed by atoms with Crippen LogP contribution in [0.5, 0.6) is 0 Å². The second-order valence-electron chi connectivity index (χ2n) is 5.47. The molecule has 0 spiro atoms. The van der Waals surface area contributed by atoms with Gasteiger partial charge < -0.3 is 15.0 Å². The van der Waals surface area contributed by atoms with E-state index in [4.69, 9.17) is 16.3 Å².